The molecule has 0 saturated heterocycles. The van der Waals surface area contributed by atoms with Crippen LogP contribution in [0.4, 0.5) is 0 Å². The van der Waals surface area contributed by atoms with Crippen molar-refractivity contribution in [2.45, 2.75) is 12.8 Å². The lowest BCUT2D eigenvalue weighted by molar-refractivity contribution is 0.351. The fraction of sp³-hybridized carbons (Fsp3) is 0.545. The maximum Gasteiger partial charge on any atom is 0.312 e. The van der Waals surface area contributed by atoms with Gasteiger partial charge < -0.3 is 19.6 Å². The van der Waals surface area contributed by atoms with Crippen LogP contribution in [-0.4, -0.2) is 36.5 Å². The van der Waals surface area contributed by atoms with Crippen molar-refractivity contribution in [2.24, 2.45) is 5.73 Å². The van der Waals surface area contributed by atoms with Crippen molar-refractivity contribution in [3.05, 3.63) is 17.3 Å². The third-order valence-electron chi connectivity index (χ3n) is 2.44. The Kier molecular flexibility index (Phi) is 5.28. The molecule has 0 fully saturated rings. The standard InChI is InChI=1S/C11H19NO3Si/c1-13-10-9(5-4-7-12)6-8-16(15-3)11(10)14-2/h6,8H,4-5,7,12H2,1-3H3. The van der Waals surface area contributed by atoms with E-state index in [1.54, 1.807) is 21.3 Å². The van der Waals surface area contributed by atoms with Gasteiger partial charge in [0.2, 0.25) is 0 Å². The monoisotopic (exact) mass is 241 g/mol. The van der Waals surface area contributed by atoms with Gasteiger partial charge >= 0.3 is 8.64 Å². The normalized spacial score (nSPS) is 10.0. The molecule has 0 bridgehead atoms. The summed E-state index contributed by atoms with van der Waals surface area (Å²) in [4.78, 5) is 0. The summed E-state index contributed by atoms with van der Waals surface area (Å²) in [6.07, 6.45) is 1.85. The molecule has 0 aliphatic rings. The van der Waals surface area contributed by atoms with Gasteiger partial charge in [0.15, 0.2) is 11.1 Å². The first-order valence-electron chi connectivity index (χ1n) is 5.26. The highest BCUT2D eigenvalue weighted by Crippen LogP contribution is 2.30. The number of nitrogens with two attached hydrogens (primary N) is 1. The lowest BCUT2D eigenvalue weighted by atomic mass is 10.1. The first-order valence-corrected chi connectivity index (χ1v) is 6.75. The van der Waals surface area contributed by atoms with E-state index in [1.165, 1.54) is 0 Å². The highest BCUT2D eigenvalue weighted by Gasteiger charge is 2.16. The van der Waals surface area contributed by atoms with Gasteiger partial charge in [0.05, 0.1) is 21.3 Å². The number of methoxy groups -OCH3 is 2. The van der Waals surface area contributed by atoms with Crippen LogP contribution < -0.4 is 19.6 Å². The third-order valence-corrected chi connectivity index (χ3v) is 4.22. The van der Waals surface area contributed by atoms with E-state index in [9.17, 15) is 0 Å². The quantitative estimate of drug-likeness (QED) is 0.744. The van der Waals surface area contributed by atoms with Crippen molar-refractivity contribution in [3.8, 4) is 11.1 Å². The van der Waals surface area contributed by atoms with Gasteiger partial charge in [0.1, 0.15) is 0 Å². The Morgan fingerprint density at radius 2 is 2.00 bits per heavy atom. The highest BCUT2D eigenvalue weighted by molar-refractivity contribution is 6.50. The molecule has 0 radical (unpaired) electrons. The smallest absolute Gasteiger partial charge is 0.312 e. The van der Waals surface area contributed by atoms with E-state index < -0.39 is 8.64 Å². The lowest BCUT2D eigenvalue weighted by Crippen LogP contribution is -2.13. The van der Waals surface area contributed by atoms with E-state index in [2.05, 4.69) is 11.7 Å². The zero-order chi connectivity index (χ0) is 12.0. The predicted octanol–water partition coefficient (Wildman–Crippen LogP) is 0.679. The minimum absolute atomic E-state index is 0.679. The number of rotatable bonds is 6. The molecule has 1 aromatic heterocycles. The van der Waals surface area contributed by atoms with Crippen LogP contribution in [0.3, 0.4) is 0 Å². The van der Waals surface area contributed by atoms with Gasteiger partial charge in [-0.05, 0) is 30.6 Å². The third kappa shape index (κ3) is 2.74. The second-order valence-electron chi connectivity index (χ2n) is 3.39. The van der Waals surface area contributed by atoms with E-state index in [1.807, 2.05) is 0 Å². The molecule has 0 atom stereocenters. The molecule has 90 valence electrons. The van der Waals surface area contributed by atoms with Crippen molar-refractivity contribution < 1.29 is 13.9 Å². The van der Waals surface area contributed by atoms with Crippen LogP contribution in [0.15, 0.2) is 11.7 Å². The van der Waals surface area contributed by atoms with Gasteiger partial charge in [-0.2, -0.15) is 0 Å². The summed E-state index contributed by atoms with van der Waals surface area (Å²) in [6, 6.07) is 2.06. The Morgan fingerprint density at radius 1 is 1.25 bits per heavy atom. The van der Waals surface area contributed by atoms with Crippen LogP contribution in [-0.2, 0) is 6.42 Å². The van der Waals surface area contributed by atoms with Crippen LogP contribution in [0.2, 0.25) is 0 Å². The Balaban J connectivity index is 3.10. The maximum atomic E-state index is 5.51. The molecule has 0 aliphatic carbocycles. The molecule has 0 saturated carbocycles. The van der Waals surface area contributed by atoms with Crippen LogP contribution in [0.25, 0.3) is 0 Å². The summed E-state index contributed by atoms with van der Waals surface area (Å²) in [7, 11) is 3.80. The molecule has 1 rings (SSSR count). The second-order valence-corrected chi connectivity index (χ2v) is 5.31. The van der Waals surface area contributed by atoms with Crippen LogP contribution in [0.1, 0.15) is 12.0 Å². The number of aryl methyl sites for hydroxylation is 1. The lowest BCUT2D eigenvalue weighted by Gasteiger charge is -2.15. The van der Waals surface area contributed by atoms with Crippen molar-refractivity contribution in [2.75, 3.05) is 27.9 Å². The van der Waals surface area contributed by atoms with Gasteiger partial charge in [0, 0.05) is 0 Å². The van der Waals surface area contributed by atoms with Crippen molar-refractivity contribution >= 4 is 8.64 Å². The van der Waals surface area contributed by atoms with Gasteiger partial charge in [-0.15, -0.1) is 0 Å². The molecule has 0 aliphatic heterocycles. The van der Waals surface area contributed by atoms with E-state index in [0.717, 1.165) is 29.5 Å². The summed E-state index contributed by atoms with van der Waals surface area (Å²) in [5, 5.41) is 0.824. The average molecular weight is 241 g/mol. The number of hydrogen-bond acceptors (Lipinski definition) is 4. The fourth-order valence-electron chi connectivity index (χ4n) is 1.65. The summed E-state index contributed by atoms with van der Waals surface area (Å²) in [5.41, 5.74) is 8.71. The molecule has 1 aromatic rings. The maximum absolute atomic E-state index is 5.51. The Morgan fingerprint density at radius 3 is 2.50 bits per heavy atom. The van der Waals surface area contributed by atoms with Crippen LogP contribution >= 0.6 is 0 Å². The number of hydrogen-bond donors (Lipinski definition) is 1. The summed E-state index contributed by atoms with van der Waals surface area (Å²) < 4.78 is 16.2. The Hall–Kier alpha value is -1.07. The molecule has 0 unspecified atom stereocenters. The molecular formula is C11H19NO3Si. The van der Waals surface area contributed by atoms with Gasteiger partial charge in [-0.3, -0.25) is 0 Å². The second kappa shape index (κ2) is 6.50. The molecule has 0 spiro atoms. The summed E-state index contributed by atoms with van der Waals surface area (Å²) in [6.45, 7) is 0.679. The van der Waals surface area contributed by atoms with E-state index in [0.29, 0.717) is 6.54 Å². The molecule has 1 heterocycles. The predicted molar refractivity (Wildman–Crippen MR) is 65.4 cm³/mol. The average Bonchev–Trinajstić information content (AvgIpc) is 2.34. The van der Waals surface area contributed by atoms with Crippen molar-refractivity contribution in [1.29, 1.82) is 0 Å². The summed E-state index contributed by atoms with van der Waals surface area (Å²) in [5.74, 6) is 0.814. The topological polar surface area (TPSA) is 53.7 Å². The zero-order valence-electron chi connectivity index (χ0n) is 10.1. The van der Waals surface area contributed by atoms with Crippen LogP contribution in [0, 0.1) is 0 Å². The zero-order valence-corrected chi connectivity index (χ0v) is 11.1. The molecule has 0 amide bonds. The van der Waals surface area contributed by atoms with E-state index in [-0.39, 0.29) is 0 Å². The van der Waals surface area contributed by atoms with Crippen LogP contribution in [0.5, 0.6) is 11.1 Å². The first kappa shape index (κ1) is 13.0. The Labute approximate surface area is 98.0 Å². The minimum atomic E-state index is -1.19. The molecular weight excluding hydrogens is 222 g/mol. The number of ether oxygens (including phenoxy) is 2. The molecule has 2 N–H and O–H groups in total. The van der Waals surface area contributed by atoms with E-state index in [4.69, 9.17) is 19.6 Å². The fourth-order valence-corrected chi connectivity index (χ4v) is 3.17. The Bertz CT molecular complexity index is 344. The molecule has 5 heteroatoms. The SMILES string of the molecule is COc1c(CCCN)cc[si](OC)c1OC. The molecule has 4 nitrogen and oxygen atoms in total. The minimum Gasteiger partial charge on any atom is -0.548 e. The summed E-state index contributed by atoms with van der Waals surface area (Å²) >= 11 is 0. The van der Waals surface area contributed by atoms with Gasteiger partial charge in [-0.1, -0.05) is 6.07 Å². The highest BCUT2D eigenvalue weighted by atomic mass is 28.3. The molecule has 0 aromatic carbocycles. The van der Waals surface area contributed by atoms with Gasteiger partial charge in [-0.25, -0.2) is 0 Å². The first-order chi connectivity index (χ1) is 7.78. The van der Waals surface area contributed by atoms with Crippen molar-refractivity contribution in [1.82, 2.24) is 0 Å². The van der Waals surface area contributed by atoms with Gasteiger partial charge in [0.25, 0.3) is 0 Å². The largest absolute Gasteiger partial charge is 0.548 e. The van der Waals surface area contributed by atoms with Crippen molar-refractivity contribution in [3.63, 3.8) is 0 Å². The van der Waals surface area contributed by atoms with E-state index >= 15 is 0 Å². The molecule has 16 heavy (non-hydrogen) atoms.